The van der Waals surface area contributed by atoms with Crippen molar-refractivity contribution in [2.24, 2.45) is 0 Å². The van der Waals surface area contributed by atoms with Crippen LogP contribution in [0.1, 0.15) is 30.3 Å². The average Bonchev–Trinajstić information content (AvgIpc) is 2.44. The van der Waals surface area contributed by atoms with Crippen LogP contribution in [0.15, 0.2) is 30.3 Å². The molecule has 0 bridgehead atoms. The van der Waals surface area contributed by atoms with Gasteiger partial charge in [-0.15, -0.1) is 0 Å². The lowest BCUT2D eigenvalue weighted by Crippen LogP contribution is -2.08. The molecule has 0 aliphatic heterocycles. The van der Waals surface area contributed by atoms with E-state index in [0.717, 1.165) is 37.0 Å². The van der Waals surface area contributed by atoms with E-state index in [4.69, 9.17) is 0 Å². The summed E-state index contributed by atoms with van der Waals surface area (Å²) in [5, 5.41) is 6.66. The third-order valence-electron chi connectivity index (χ3n) is 3.12. The molecule has 2 N–H and O–H groups in total. The SMILES string of the molecule is CCCNc1cc(NCc2ccccc2C)nc(C)n1. The van der Waals surface area contributed by atoms with Crippen molar-refractivity contribution < 1.29 is 0 Å². The minimum atomic E-state index is 0.774. The maximum Gasteiger partial charge on any atom is 0.132 e. The number of aryl methyl sites for hydroxylation is 2. The highest BCUT2D eigenvalue weighted by molar-refractivity contribution is 5.48. The van der Waals surface area contributed by atoms with Crippen LogP contribution < -0.4 is 10.6 Å². The van der Waals surface area contributed by atoms with Crippen LogP contribution in [0.2, 0.25) is 0 Å². The van der Waals surface area contributed by atoms with Gasteiger partial charge in [0.1, 0.15) is 17.5 Å². The summed E-state index contributed by atoms with van der Waals surface area (Å²) in [5.74, 6) is 2.52. The van der Waals surface area contributed by atoms with E-state index in [9.17, 15) is 0 Å². The normalized spacial score (nSPS) is 10.3. The fraction of sp³-hybridized carbons (Fsp3) is 0.375. The molecule has 2 rings (SSSR count). The first kappa shape index (κ1) is 14.3. The summed E-state index contributed by atoms with van der Waals surface area (Å²) < 4.78 is 0. The van der Waals surface area contributed by atoms with Crippen molar-refractivity contribution in [2.45, 2.75) is 33.7 Å². The maximum absolute atomic E-state index is 4.42. The van der Waals surface area contributed by atoms with Crippen LogP contribution in [0.4, 0.5) is 11.6 Å². The molecule has 106 valence electrons. The number of nitrogens with one attached hydrogen (secondary N) is 2. The van der Waals surface area contributed by atoms with Crippen LogP contribution in [0.5, 0.6) is 0 Å². The van der Waals surface area contributed by atoms with Crippen molar-refractivity contribution in [1.82, 2.24) is 9.97 Å². The number of rotatable bonds is 6. The average molecular weight is 270 g/mol. The Balaban J connectivity index is 2.05. The van der Waals surface area contributed by atoms with Gasteiger partial charge in [-0.1, -0.05) is 31.2 Å². The molecule has 4 nitrogen and oxygen atoms in total. The van der Waals surface area contributed by atoms with E-state index in [-0.39, 0.29) is 0 Å². The van der Waals surface area contributed by atoms with Crippen molar-refractivity contribution in [3.05, 3.63) is 47.3 Å². The second-order valence-electron chi connectivity index (χ2n) is 4.89. The van der Waals surface area contributed by atoms with E-state index in [2.05, 4.69) is 58.7 Å². The number of anilines is 2. The summed E-state index contributed by atoms with van der Waals surface area (Å²) in [4.78, 5) is 8.81. The van der Waals surface area contributed by atoms with Crippen molar-refractivity contribution in [3.63, 3.8) is 0 Å². The second-order valence-corrected chi connectivity index (χ2v) is 4.89. The van der Waals surface area contributed by atoms with Gasteiger partial charge < -0.3 is 10.6 Å². The first-order valence-electron chi connectivity index (χ1n) is 7.07. The van der Waals surface area contributed by atoms with Crippen molar-refractivity contribution in [1.29, 1.82) is 0 Å². The van der Waals surface area contributed by atoms with Gasteiger partial charge in [0.15, 0.2) is 0 Å². The lowest BCUT2D eigenvalue weighted by Gasteiger charge is -2.11. The summed E-state index contributed by atoms with van der Waals surface area (Å²) in [5.41, 5.74) is 2.57. The van der Waals surface area contributed by atoms with E-state index in [1.54, 1.807) is 0 Å². The lowest BCUT2D eigenvalue weighted by atomic mass is 10.1. The first-order chi connectivity index (χ1) is 9.69. The number of aromatic nitrogens is 2. The molecule has 0 amide bonds. The predicted octanol–water partition coefficient (Wildman–Crippen LogP) is 3.53. The van der Waals surface area contributed by atoms with Gasteiger partial charge in [0.25, 0.3) is 0 Å². The Bertz CT molecular complexity index is 566. The highest BCUT2D eigenvalue weighted by Crippen LogP contribution is 2.14. The molecule has 0 unspecified atom stereocenters. The third-order valence-corrected chi connectivity index (χ3v) is 3.12. The lowest BCUT2D eigenvalue weighted by molar-refractivity contribution is 0.951. The summed E-state index contributed by atoms with van der Waals surface area (Å²) in [6, 6.07) is 10.3. The minimum absolute atomic E-state index is 0.774. The minimum Gasteiger partial charge on any atom is -0.370 e. The summed E-state index contributed by atoms with van der Waals surface area (Å²) in [7, 11) is 0. The third kappa shape index (κ3) is 3.95. The molecule has 0 fully saturated rings. The standard InChI is InChI=1S/C16H22N4/c1-4-9-17-15-10-16(20-13(3)19-15)18-11-14-8-6-5-7-12(14)2/h5-8,10H,4,9,11H2,1-3H3,(H2,17,18,19,20). The Morgan fingerprint density at radius 1 is 1.00 bits per heavy atom. The Labute approximate surface area is 120 Å². The van der Waals surface area contributed by atoms with E-state index >= 15 is 0 Å². The molecule has 1 heterocycles. The maximum atomic E-state index is 4.42. The highest BCUT2D eigenvalue weighted by Gasteiger charge is 2.02. The largest absolute Gasteiger partial charge is 0.370 e. The van der Waals surface area contributed by atoms with Crippen molar-refractivity contribution in [3.8, 4) is 0 Å². The monoisotopic (exact) mass is 270 g/mol. The summed E-state index contributed by atoms with van der Waals surface area (Å²) >= 11 is 0. The molecule has 0 saturated heterocycles. The molecule has 0 aliphatic rings. The van der Waals surface area contributed by atoms with Crippen molar-refractivity contribution in [2.75, 3.05) is 17.2 Å². The molecule has 1 aromatic carbocycles. The van der Waals surface area contributed by atoms with E-state index in [1.807, 2.05) is 13.0 Å². The molecule has 20 heavy (non-hydrogen) atoms. The van der Waals surface area contributed by atoms with Gasteiger partial charge in [-0.05, 0) is 31.4 Å². The predicted molar refractivity (Wildman–Crippen MR) is 84.1 cm³/mol. The fourth-order valence-electron chi connectivity index (χ4n) is 2.00. The smallest absolute Gasteiger partial charge is 0.132 e. The number of benzene rings is 1. The molecule has 4 heteroatoms. The van der Waals surface area contributed by atoms with Crippen LogP contribution in [-0.4, -0.2) is 16.5 Å². The van der Waals surface area contributed by atoms with Gasteiger partial charge in [-0.3, -0.25) is 0 Å². The van der Waals surface area contributed by atoms with Gasteiger partial charge in [0.05, 0.1) is 0 Å². The molecule has 2 aromatic rings. The van der Waals surface area contributed by atoms with Crippen LogP contribution in [0, 0.1) is 13.8 Å². The quantitative estimate of drug-likeness (QED) is 0.843. The fourth-order valence-corrected chi connectivity index (χ4v) is 2.00. The molecule has 0 spiro atoms. The summed E-state index contributed by atoms with van der Waals surface area (Å²) in [6.45, 7) is 7.87. The van der Waals surface area contributed by atoms with Gasteiger partial charge >= 0.3 is 0 Å². The Hall–Kier alpha value is -2.10. The zero-order valence-electron chi connectivity index (χ0n) is 12.4. The molecule has 0 atom stereocenters. The molecule has 1 aromatic heterocycles. The van der Waals surface area contributed by atoms with Crippen LogP contribution in [-0.2, 0) is 6.54 Å². The van der Waals surface area contributed by atoms with Crippen LogP contribution in [0.25, 0.3) is 0 Å². The van der Waals surface area contributed by atoms with Gasteiger partial charge in [-0.25, -0.2) is 9.97 Å². The Morgan fingerprint density at radius 3 is 2.40 bits per heavy atom. The first-order valence-corrected chi connectivity index (χ1v) is 7.07. The second kappa shape index (κ2) is 6.89. The van der Waals surface area contributed by atoms with Crippen LogP contribution >= 0.6 is 0 Å². The molecule has 0 aliphatic carbocycles. The topological polar surface area (TPSA) is 49.8 Å². The van der Waals surface area contributed by atoms with Crippen molar-refractivity contribution >= 4 is 11.6 Å². The van der Waals surface area contributed by atoms with E-state index in [1.165, 1.54) is 11.1 Å². The molecular weight excluding hydrogens is 248 g/mol. The van der Waals surface area contributed by atoms with E-state index in [0.29, 0.717) is 0 Å². The van der Waals surface area contributed by atoms with Gasteiger partial charge in [-0.2, -0.15) is 0 Å². The number of hydrogen-bond donors (Lipinski definition) is 2. The Kier molecular flexibility index (Phi) is 4.93. The van der Waals surface area contributed by atoms with Gasteiger partial charge in [0.2, 0.25) is 0 Å². The number of hydrogen-bond acceptors (Lipinski definition) is 4. The molecule has 0 saturated carbocycles. The summed E-state index contributed by atoms with van der Waals surface area (Å²) in [6.07, 6.45) is 1.08. The molecular formula is C16H22N4. The highest BCUT2D eigenvalue weighted by atomic mass is 15.1. The zero-order chi connectivity index (χ0) is 14.4. The van der Waals surface area contributed by atoms with Gasteiger partial charge in [0, 0.05) is 19.2 Å². The van der Waals surface area contributed by atoms with Crippen LogP contribution in [0.3, 0.4) is 0 Å². The zero-order valence-corrected chi connectivity index (χ0v) is 12.4. The molecule has 0 radical (unpaired) electrons. The number of nitrogens with zero attached hydrogens (tertiary/aromatic N) is 2. The van der Waals surface area contributed by atoms with E-state index < -0.39 is 0 Å². The Morgan fingerprint density at radius 2 is 1.70 bits per heavy atom.